The number of carbonyl (C=O) groups is 2. The Hall–Kier alpha value is -1.52. The van der Waals surface area contributed by atoms with Crippen molar-refractivity contribution in [3.05, 3.63) is 12.7 Å². The lowest BCUT2D eigenvalue weighted by atomic mass is 10.0. The van der Waals surface area contributed by atoms with Crippen LogP contribution >= 0.6 is 0 Å². The smallest absolute Gasteiger partial charge is 0.318 e. The number of carboxylic acid groups (broad SMARTS) is 1. The molecule has 1 aliphatic carbocycles. The molecule has 1 fully saturated rings. The van der Waals surface area contributed by atoms with Crippen LogP contribution in [-0.4, -0.2) is 40.6 Å². The third kappa shape index (κ3) is 3.48. The summed E-state index contributed by atoms with van der Waals surface area (Å²) in [4.78, 5) is 24.8. The Labute approximate surface area is 108 Å². The summed E-state index contributed by atoms with van der Waals surface area (Å²) in [6.07, 6.45) is 3.90. The molecule has 0 heterocycles. The second kappa shape index (κ2) is 6.42. The SMILES string of the molecule is C=CCN(C(=O)NC1CCCC1C(=O)O)C(C)C. The van der Waals surface area contributed by atoms with Gasteiger partial charge in [-0.05, 0) is 26.7 Å². The molecule has 5 nitrogen and oxygen atoms in total. The van der Waals surface area contributed by atoms with Gasteiger partial charge < -0.3 is 15.3 Å². The highest BCUT2D eigenvalue weighted by molar-refractivity contribution is 5.77. The number of amides is 2. The summed E-state index contributed by atoms with van der Waals surface area (Å²) in [5.41, 5.74) is 0. The third-order valence-corrected chi connectivity index (χ3v) is 3.35. The Morgan fingerprint density at radius 2 is 2.17 bits per heavy atom. The van der Waals surface area contributed by atoms with Crippen LogP contribution < -0.4 is 5.32 Å². The van der Waals surface area contributed by atoms with Gasteiger partial charge in [-0.3, -0.25) is 4.79 Å². The van der Waals surface area contributed by atoms with Crippen LogP contribution in [0.4, 0.5) is 4.79 Å². The molecule has 1 rings (SSSR count). The standard InChI is InChI=1S/C13H22N2O3/c1-4-8-15(9(2)3)13(18)14-11-7-5-6-10(11)12(16)17/h4,9-11H,1,5-8H2,2-3H3,(H,14,18)(H,16,17). The van der Waals surface area contributed by atoms with Crippen LogP contribution in [0, 0.1) is 5.92 Å². The van der Waals surface area contributed by atoms with Crippen LogP contribution in [-0.2, 0) is 4.79 Å². The summed E-state index contributed by atoms with van der Waals surface area (Å²) in [7, 11) is 0. The lowest BCUT2D eigenvalue weighted by Crippen LogP contribution is -2.49. The lowest BCUT2D eigenvalue weighted by Gasteiger charge is -2.28. The first-order valence-electron chi connectivity index (χ1n) is 6.38. The lowest BCUT2D eigenvalue weighted by molar-refractivity contribution is -0.142. The van der Waals surface area contributed by atoms with Gasteiger partial charge in [-0.25, -0.2) is 4.79 Å². The molecule has 18 heavy (non-hydrogen) atoms. The van der Waals surface area contributed by atoms with Gasteiger partial charge in [0.2, 0.25) is 0 Å². The molecule has 1 saturated carbocycles. The van der Waals surface area contributed by atoms with Gasteiger partial charge >= 0.3 is 12.0 Å². The Kier molecular flexibility index (Phi) is 5.19. The first kappa shape index (κ1) is 14.5. The Bertz CT molecular complexity index is 328. The van der Waals surface area contributed by atoms with Crippen molar-refractivity contribution in [2.75, 3.05) is 6.54 Å². The molecule has 102 valence electrons. The number of nitrogens with one attached hydrogen (secondary N) is 1. The maximum absolute atomic E-state index is 12.1. The van der Waals surface area contributed by atoms with E-state index in [9.17, 15) is 9.59 Å². The number of nitrogens with zero attached hydrogens (tertiary/aromatic N) is 1. The molecule has 0 radical (unpaired) electrons. The van der Waals surface area contributed by atoms with E-state index in [1.165, 1.54) is 0 Å². The second-order valence-corrected chi connectivity index (χ2v) is 4.97. The Balaban J connectivity index is 2.62. The minimum absolute atomic E-state index is 0.0627. The van der Waals surface area contributed by atoms with E-state index in [1.807, 2.05) is 13.8 Å². The van der Waals surface area contributed by atoms with Crippen molar-refractivity contribution >= 4 is 12.0 Å². The van der Waals surface area contributed by atoms with Crippen molar-refractivity contribution in [1.29, 1.82) is 0 Å². The summed E-state index contributed by atoms with van der Waals surface area (Å²) in [6, 6.07) is -0.392. The van der Waals surface area contributed by atoms with Crippen LogP contribution in [0.3, 0.4) is 0 Å². The highest BCUT2D eigenvalue weighted by Crippen LogP contribution is 2.26. The van der Waals surface area contributed by atoms with E-state index < -0.39 is 11.9 Å². The summed E-state index contributed by atoms with van der Waals surface area (Å²) < 4.78 is 0. The average molecular weight is 254 g/mol. The van der Waals surface area contributed by atoms with Crippen molar-refractivity contribution in [3.8, 4) is 0 Å². The van der Waals surface area contributed by atoms with Gasteiger partial charge in [0.1, 0.15) is 0 Å². The van der Waals surface area contributed by atoms with Crippen molar-refractivity contribution in [2.24, 2.45) is 5.92 Å². The molecule has 0 aromatic heterocycles. The quantitative estimate of drug-likeness (QED) is 0.735. The maximum atomic E-state index is 12.1. The van der Waals surface area contributed by atoms with E-state index in [-0.39, 0.29) is 18.1 Å². The first-order valence-corrected chi connectivity index (χ1v) is 6.38. The van der Waals surface area contributed by atoms with E-state index in [4.69, 9.17) is 5.11 Å². The van der Waals surface area contributed by atoms with E-state index in [0.717, 1.165) is 12.8 Å². The molecule has 2 atom stereocenters. The predicted octanol–water partition coefficient (Wildman–Crippen LogP) is 1.85. The van der Waals surface area contributed by atoms with Crippen LogP contribution in [0.5, 0.6) is 0 Å². The first-order chi connectivity index (χ1) is 8.47. The zero-order chi connectivity index (χ0) is 13.7. The zero-order valence-corrected chi connectivity index (χ0v) is 11.1. The minimum atomic E-state index is -0.822. The molecule has 0 bridgehead atoms. The summed E-state index contributed by atoms with van der Waals surface area (Å²) in [5.74, 6) is -1.27. The molecule has 0 spiro atoms. The fourth-order valence-corrected chi connectivity index (χ4v) is 2.34. The predicted molar refractivity (Wildman–Crippen MR) is 69.3 cm³/mol. The third-order valence-electron chi connectivity index (χ3n) is 3.35. The molecule has 0 aliphatic heterocycles. The molecule has 1 aliphatic rings. The number of aliphatic carboxylic acids is 1. The molecule has 0 saturated heterocycles. The molecule has 2 amide bonds. The summed E-state index contributed by atoms with van der Waals surface area (Å²) >= 11 is 0. The highest BCUT2D eigenvalue weighted by Gasteiger charge is 2.34. The number of hydrogen-bond donors (Lipinski definition) is 2. The molecule has 0 aromatic carbocycles. The van der Waals surface area contributed by atoms with E-state index in [0.29, 0.717) is 13.0 Å². The average Bonchev–Trinajstić information content (AvgIpc) is 2.73. The van der Waals surface area contributed by atoms with Gasteiger partial charge in [0.05, 0.1) is 5.92 Å². The van der Waals surface area contributed by atoms with Crippen molar-refractivity contribution < 1.29 is 14.7 Å². The number of carbonyl (C=O) groups excluding carboxylic acids is 1. The normalized spacial score (nSPS) is 22.8. The second-order valence-electron chi connectivity index (χ2n) is 4.97. The molecule has 0 aromatic rings. The Morgan fingerprint density at radius 1 is 1.50 bits per heavy atom. The number of hydrogen-bond acceptors (Lipinski definition) is 2. The van der Waals surface area contributed by atoms with Gasteiger partial charge in [0.25, 0.3) is 0 Å². The summed E-state index contributed by atoms with van der Waals surface area (Å²) in [6.45, 7) is 7.94. The van der Waals surface area contributed by atoms with E-state index in [2.05, 4.69) is 11.9 Å². The molecular formula is C13H22N2O3. The number of rotatable bonds is 5. The zero-order valence-electron chi connectivity index (χ0n) is 11.1. The maximum Gasteiger partial charge on any atom is 0.318 e. The summed E-state index contributed by atoms with van der Waals surface area (Å²) in [5, 5.41) is 11.9. The fourth-order valence-electron chi connectivity index (χ4n) is 2.34. The van der Waals surface area contributed by atoms with Crippen molar-refractivity contribution in [2.45, 2.75) is 45.2 Å². The molecule has 5 heteroatoms. The molecule has 2 N–H and O–H groups in total. The fraction of sp³-hybridized carbons (Fsp3) is 0.692. The number of urea groups is 1. The largest absolute Gasteiger partial charge is 0.481 e. The monoisotopic (exact) mass is 254 g/mol. The van der Waals surface area contributed by atoms with E-state index in [1.54, 1.807) is 11.0 Å². The van der Waals surface area contributed by atoms with Crippen LogP contribution in [0.25, 0.3) is 0 Å². The van der Waals surface area contributed by atoms with Crippen LogP contribution in [0.2, 0.25) is 0 Å². The van der Waals surface area contributed by atoms with Gasteiger partial charge in [-0.2, -0.15) is 0 Å². The number of carboxylic acids is 1. The van der Waals surface area contributed by atoms with Gasteiger partial charge in [-0.1, -0.05) is 12.5 Å². The minimum Gasteiger partial charge on any atom is -0.481 e. The Morgan fingerprint density at radius 3 is 2.67 bits per heavy atom. The molecule has 2 unspecified atom stereocenters. The highest BCUT2D eigenvalue weighted by atomic mass is 16.4. The van der Waals surface area contributed by atoms with Crippen LogP contribution in [0.15, 0.2) is 12.7 Å². The van der Waals surface area contributed by atoms with Gasteiger partial charge in [0, 0.05) is 18.6 Å². The molecular weight excluding hydrogens is 232 g/mol. The van der Waals surface area contributed by atoms with Gasteiger partial charge in [-0.15, -0.1) is 6.58 Å². The van der Waals surface area contributed by atoms with Crippen molar-refractivity contribution in [3.63, 3.8) is 0 Å². The van der Waals surface area contributed by atoms with Crippen molar-refractivity contribution in [1.82, 2.24) is 10.2 Å². The topological polar surface area (TPSA) is 69.6 Å². The van der Waals surface area contributed by atoms with Gasteiger partial charge in [0.15, 0.2) is 0 Å². The van der Waals surface area contributed by atoms with Crippen LogP contribution in [0.1, 0.15) is 33.1 Å². The van der Waals surface area contributed by atoms with E-state index >= 15 is 0 Å².